The summed E-state index contributed by atoms with van der Waals surface area (Å²) in [7, 11) is 0. The van der Waals surface area contributed by atoms with E-state index >= 15 is 0 Å². The number of benzene rings is 2. The van der Waals surface area contributed by atoms with Crippen molar-refractivity contribution in [3.63, 3.8) is 0 Å². The highest BCUT2D eigenvalue weighted by molar-refractivity contribution is 5.48. The molecule has 0 bridgehead atoms. The lowest BCUT2D eigenvalue weighted by molar-refractivity contribution is 0.196. The van der Waals surface area contributed by atoms with Crippen LogP contribution < -0.4 is 14.2 Å². The first-order valence-corrected chi connectivity index (χ1v) is 8.70. The number of fused-ring (bicyclic) bond motifs is 2. The van der Waals surface area contributed by atoms with Crippen LogP contribution in [0.5, 0.6) is 17.2 Å². The van der Waals surface area contributed by atoms with Gasteiger partial charge in [0.05, 0.1) is 13.2 Å². The van der Waals surface area contributed by atoms with E-state index in [9.17, 15) is 0 Å². The van der Waals surface area contributed by atoms with Gasteiger partial charge in [0.25, 0.3) is 0 Å². The van der Waals surface area contributed by atoms with Crippen LogP contribution in [0.2, 0.25) is 0 Å². The minimum Gasteiger partial charge on any atom is -0.492 e. The SMILES string of the molecule is c1ccc(OCCN2CCc3cc4c(cc3C2)OCCCO4)cc1. The van der Waals surface area contributed by atoms with Gasteiger partial charge in [-0.05, 0) is 41.8 Å². The summed E-state index contributed by atoms with van der Waals surface area (Å²) in [4.78, 5) is 2.44. The summed E-state index contributed by atoms with van der Waals surface area (Å²) < 4.78 is 17.4. The molecular weight excluding hydrogens is 302 g/mol. The van der Waals surface area contributed by atoms with E-state index in [-0.39, 0.29) is 0 Å². The van der Waals surface area contributed by atoms with Crippen LogP contribution in [-0.4, -0.2) is 37.8 Å². The summed E-state index contributed by atoms with van der Waals surface area (Å²) in [5, 5.41) is 0. The number of nitrogens with zero attached hydrogens (tertiary/aromatic N) is 1. The van der Waals surface area contributed by atoms with Crippen LogP contribution in [0.4, 0.5) is 0 Å². The van der Waals surface area contributed by atoms with Crippen molar-refractivity contribution in [1.29, 1.82) is 0 Å². The first-order chi connectivity index (χ1) is 11.9. The first-order valence-electron chi connectivity index (χ1n) is 8.70. The third-order valence-corrected chi connectivity index (χ3v) is 4.58. The van der Waals surface area contributed by atoms with Gasteiger partial charge in [0, 0.05) is 26.1 Å². The molecule has 0 amide bonds. The number of para-hydroxylation sites is 1. The van der Waals surface area contributed by atoms with Crippen molar-refractivity contribution in [2.75, 3.05) is 32.9 Å². The van der Waals surface area contributed by atoms with Crippen LogP contribution >= 0.6 is 0 Å². The van der Waals surface area contributed by atoms with E-state index in [2.05, 4.69) is 17.0 Å². The topological polar surface area (TPSA) is 30.9 Å². The molecule has 4 rings (SSSR count). The standard InChI is InChI=1S/C20H23NO3/c1-2-5-18(6-3-1)22-12-9-21-8-7-16-13-19-20(14-17(16)15-21)24-11-4-10-23-19/h1-3,5-6,13-14H,4,7-12,15H2. The number of ether oxygens (including phenoxy) is 3. The van der Waals surface area contributed by atoms with Gasteiger partial charge in [-0.3, -0.25) is 4.90 Å². The zero-order valence-corrected chi connectivity index (χ0v) is 13.9. The molecule has 0 radical (unpaired) electrons. The monoisotopic (exact) mass is 325 g/mol. The molecule has 126 valence electrons. The Hall–Kier alpha value is -2.20. The predicted molar refractivity (Wildman–Crippen MR) is 93.0 cm³/mol. The lowest BCUT2D eigenvalue weighted by Crippen LogP contribution is -2.33. The maximum Gasteiger partial charge on any atom is 0.161 e. The van der Waals surface area contributed by atoms with E-state index in [0.29, 0.717) is 6.61 Å². The summed E-state index contributed by atoms with van der Waals surface area (Å²) in [6.45, 7) is 5.14. The van der Waals surface area contributed by atoms with Crippen molar-refractivity contribution in [2.24, 2.45) is 0 Å². The molecule has 0 atom stereocenters. The maximum atomic E-state index is 5.82. The van der Waals surface area contributed by atoms with Crippen LogP contribution in [0, 0.1) is 0 Å². The van der Waals surface area contributed by atoms with Gasteiger partial charge in [-0.1, -0.05) is 18.2 Å². The molecule has 24 heavy (non-hydrogen) atoms. The molecular formula is C20H23NO3. The summed E-state index contributed by atoms with van der Waals surface area (Å²) in [6.07, 6.45) is 2.00. The molecule has 0 saturated carbocycles. The quantitative estimate of drug-likeness (QED) is 0.863. The molecule has 0 aromatic heterocycles. The van der Waals surface area contributed by atoms with Gasteiger partial charge in [0.2, 0.25) is 0 Å². The minimum absolute atomic E-state index is 0.712. The summed E-state index contributed by atoms with van der Waals surface area (Å²) >= 11 is 0. The van der Waals surface area contributed by atoms with Crippen LogP contribution in [-0.2, 0) is 13.0 Å². The lowest BCUT2D eigenvalue weighted by Gasteiger charge is -2.29. The molecule has 2 aromatic carbocycles. The van der Waals surface area contributed by atoms with Gasteiger partial charge in [-0.25, -0.2) is 0 Å². The Morgan fingerprint density at radius 3 is 2.50 bits per heavy atom. The highest BCUT2D eigenvalue weighted by atomic mass is 16.5. The second kappa shape index (κ2) is 7.14. The molecule has 0 aliphatic carbocycles. The van der Waals surface area contributed by atoms with E-state index in [1.54, 1.807) is 0 Å². The van der Waals surface area contributed by atoms with E-state index in [1.807, 2.05) is 30.3 Å². The maximum absolute atomic E-state index is 5.82. The average Bonchev–Trinajstić information content (AvgIpc) is 2.85. The Morgan fingerprint density at radius 2 is 1.71 bits per heavy atom. The van der Waals surface area contributed by atoms with Gasteiger partial charge in [-0.15, -0.1) is 0 Å². The normalized spacial score (nSPS) is 17.0. The van der Waals surface area contributed by atoms with Crippen molar-refractivity contribution in [3.05, 3.63) is 53.6 Å². The Balaban J connectivity index is 1.37. The van der Waals surface area contributed by atoms with E-state index < -0.39 is 0 Å². The van der Waals surface area contributed by atoms with Crippen LogP contribution in [0.1, 0.15) is 17.5 Å². The average molecular weight is 325 g/mol. The van der Waals surface area contributed by atoms with E-state index in [0.717, 1.165) is 62.9 Å². The second-order valence-corrected chi connectivity index (χ2v) is 6.31. The molecule has 0 N–H and O–H groups in total. The van der Waals surface area contributed by atoms with E-state index in [4.69, 9.17) is 14.2 Å². The Bertz CT molecular complexity index is 687. The fourth-order valence-corrected chi connectivity index (χ4v) is 3.27. The molecule has 0 fully saturated rings. The first kappa shape index (κ1) is 15.3. The fraction of sp³-hybridized carbons (Fsp3) is 0.400. The lowest BCUT2D eigenvalue weighted by atomic mass is 9.99. The molecule has 4 nitrogen and oxygen atoms in total. The molecule has 0 saturated heterocycles. The molecule has 2 aliphatic heterocycles. The van der Waals surface area contributed by atoms with Crippen molar-refractivity contribution in [1.82, 2.24) is 4.90 Å². The molecule has 0 unspecified atom stereocenters. The van der Waals surface area contributed by atoms with Crippen molar-refractivity contribution in [3.8, 4) is 17.2 Å². The molecule has 2 aliphatic rings. The second-order valence-electron chi connectivity index (χ2n) is 6.31. The zero-order valence-electron chi connectivity index (χ0n) is 13.9. The summed E-state index contributed by atoms with van der Waals surface area (Å²) in [5.74, 6) is 2.74. The van der Waals surface area contributed by atoms with Crippen LogP contribution in [0.3, 0.4) is 0 Å². The highest BCUT2D eigenvalue weighted by Crippen LogP contribution is 2.35. The van der Waals surface area contributed by atoms with Crippen LogP contribution in [0.25, 0.3) is 0 Å². The van der Waals surface area contributed by atoms with E-state index in [1.165, 1.54) is 11.1 Å². The molecule has 4 heteroatoms. The van der Waals surface area contributed by atoms with Crippen molar-refractivity contribution in [2.45, 2.75) is 19.4 Å². The highest BCUT2D eigenvalue weighted by Gasteiger charge is 2.20. The number of hydrogen-bond acceptors (Lipinski definition) is 4. The van der Waals surface area contributed by atoms with Crippen molar-refractivity contribution >= 4 is 0 Å². The molecule has 0 spiro atoms. The fourth-order valence-electron chi connectivity index (χ4n) is 3.27. The zero-order chi connectivity index (χ0) is 16.2. The van der Waals surface area contributed by atoms with Gasteiger partial charge in [0.15, 0.2) is 11.5 Å². The van der Waals surface area contributed by atoms with Crippen LogP contribution in [0.15, 0.2) is 42.5 Å². The van der Waals surface area contributed by atoms with Gasteiger partial charge < -0.3 is 14.2 Å². The minimum atomic E-state index is 0.712. The molecule has 2 heterocycles. The van der Waals surface area contributed by atoms with Crippen molar-refractivity contribution < 1.29 is 14.2 Å². The Kier molecular flexibility index (Phi) is 4.56. The largest absolute Gasteiger partial charge is 0.492 e. The number of hydrogen-bond donors (Lipinski definition) is 0. The summed E-state index contributed by atoms with van der Waals surface area (Å²) in [6, 6.07) is 14.3. The third kappa shape index (κ3) is 3.49. The smallest absolute Gasteiger partial charge is 0.161 e. The van der Waals surface area contributed by atoms with Gasteiger partial charge in [-0.2, -0.15) is 0 Å². The Labute approximate surface area is 142 Å². The number of rotatable bonds is 4. The predicted octanol–water partition coefficient (Wildman–Crippen LogP) is 3.29. The van der Waals surface area contributed by atoms with Gasteiger partial charge in [0.1, 0.15) is 12.4 Å². The summed E-state index contributed by atoms with van der Waals surface area (Å²) in [5.41, 5.74) is 2.74. The molecule has 2 aromatic rings. The van der Waals surface area contributed by atoms with Gasteiger partial charge >= 0.3 is 0 Å². The Morgan fingerprint density at radius 1 is 0.958 bits per heavy atom. The third-order valence-electron chi connectivity index (χ3n) is 4.58.